The number of hydrogen-bond donors (Lipinski definition) is 3. The molecule has 0 saturated carbocycles. The number of anilines is 1. The Kier molecular flexibility index (Phi) is 6.02. The molecule has 0 aromatic carbocycles. The van der Waals surface area contributed by atoms with E-state index < -0.39 is 15.7 Å². The molecule has 1 aromatic heterocycles. The second-order valence-corrected chi connectivity index (χ2v) is 7.64. The van der Waals surface area contributed by atoms with Crippen molar-refractivity contribution in [2.45, 2.75) is 31.2 Å². The molecule has 0 spiro atoms. The molecule has 0 radical (unpaired) electrons. The maximum Gasteiger partial charge on any atom is 0.264 e. The lowest BCUT2D eigenvalue weighted by atomic mass is 9.85. The lowest BCUT2D eigenvalue weighted by molar-refractivity contribution is 0.409. The zero-order valence-corrected chi connectivity index (χ0v) is 14.8. The molecule has 0 aliphatic heterocycles. The largest absolute Gasteiger partial charge is 0.508 e. The molecule has 0 amide bonds. The second-order valence-electron chi connectivity index (χ2n) is 5.39. The molecule has 11 heteroatoms. The van der Waals surface area contributed by atoms with Crippen molar-refractivity contribution >= 4 is 39.3 Å². The number of unbranched alkanes of at least 4 members (excludes halogenated alkanes) is 1. The van der Waals surface area contributed by atoms with Crippen LogP contribution >= 0.6 is 23.2 Å². The highest BCUT2D eigenvalue weighted by Gasteiger charge is 2.29. The van der Waals surface area contributed by atoms with Gasteiger partial charge in [0, 0.05) is 0 Å². The first-order valence-electron chi connectivity index (χ1n) is 7.06. The first kappa shape index (κ1) is 18.9. The van der Waals surface area contributed by atoms with Crippen LogP contribution in [-0.2, 0) is 10.1 Å². The monoisotopic (exact) mass is 394 g/mol. The van der Waals surface area contributed by atoms with Crippen molar-refractivity contribution in [2.75, 3.05) is 11.1 Å². The number of aliphatic hydroxyl groups excluding tert-OH is 1. The predicted octanol–water partition coefficient (Wildman–Crippen LogP) is 2.79. The molecule has 1 aliphatic rings. The summed E-state index contributed by atoms with van der Waals surface area (Å²) in [5.41, 5.74) is -0.639. The van der Waals surface area contributed by atoms with E-state index in [0.29, 0.717) is 25.7 Å². The number of nitrogens with one attached hydrogen (secondary N) is 1. The van der Waals surface area contributed by atoms with Gasteiger partial charge in [-0.1, -0.05) is 6.08 Å². The van der Waals surface area contributed by atoms with Crippen LogP contribution < -0.4 is 5.32 Å². The Morgan fingerprint density at radius 1 is 1.21 bits per heavy atom. The molecule has 1 aromatic rings. The van der Waals surface area contributed by atoms with Crippen molar-refractivity contribution in [1.82, 2.24) is 15.0 Å². The molecule has 1 unspecified atom stereocenters. The average Bonchev–Trinajstić information content (AvgIpc) is 2.45. The Morgan fingerprint density at radius 3 is 2.42 bits per heavy atom. The van der Waals surface area contributed by atoms with Crippen LogP contribution in [-0.4, -0.2) is 44.3 Å². The van der Waals surface area contributed by atoms with Gasteiger partial charge in [-0.25, -0.2) is 0 Å². The summed E-state index contributed by atoms with van der Waals surface area (Å²) in [6.45, 7) is 0. The predicted molar refractivity (Wildman–Crippen MR) is 90.9 cm³/mol. The van der Waals surface area contributed by atoms with Crippen LogP contribution in [0.3, 0.4) is 0 Å². The minimum absolute atomic E-state index is 0.0581. The third-order valence-corrected chi connectivity index (χ3v) is 4.61. The SMILES string of the molecule is O=S(=O)(O)CCCCC1(Nc2nc(Cl)nc(Cl)n2)C=CC(O)=CC1. The van der Waals surface area contributed by atoms with Crippen LogP contribution in [0.5, 0.6) is 0 Å². The molecular formula is C13H16Cl2N4O4S. The summed E-state index contributed by atoms with van der Waals surface area (Å²) < 4.78 is 30.4. The van der Waals surface area contributed by atoms with E-state index in [4.69, 9.17) is 27.8 Å². The summed E-state index contributed by atoms with van der Waals surface area (Å²) in [5.74, 6) is 0.00314. The summed E-state index contributed by atoms with van der Waals surface area (Å²) in [6.07, 6.45) is 6.67. The zero-order chi connectivity index (χ0) is 17.8. The van der Waals surface area contributed by atoms with E-state index in [1.165, 1.54) is 6.08 Å². The topological polar surface area (TPSA) is 125 Å². The van der Waals surface area contributed by atoms with Gasteiger partial charge in [-0.15, -0.1) is 0 Å². The fourth-order valence-corrected chi connectivity index (χ4v) is 3.27. The lowest BCUT2D eigenvalue weighted by Gasteiger charge is -2.33. The Balaban J connectivity index is 2.11. The lowest BCUT2D eigenvalue weighted by Crippen LogP contribution is -2.38. The summed E-state index contributed by atoms with van der Waals surface area (Å²) >= 11 is 11.5. The fourth-order valence-electron chi connectivity index (χ4n) is 2.34. The standard InChI is InChI=1S/C13H16Cl2N4O4S/c14-10-16-11(15)18-12(17-10)19-13(6-3-9(20)4-7-13)5-1-2-8-24(21,22)23/h3-4,6,20H,1-2,5,7-8H2,(H,21,22,23)(H,16,17,18,19). The molecule has 8 nitrogen and oxygen atoms in total. The highest BCUT2D eigenvalue weighted by atomic mass is 35.5. The molecule has 2 rings (SSSR count). The molecule has 0 saturated heterocycles. The van der Waals surface area contributed by atoms with Gasteiger partial charge in [0.15, 0.2) is 0 Å². The van der Waals surface area contributed by atoms with Gasteiger partial charge in [-0.3, -0.25) is 4.55 Å². The quantitative estimate of drug-likeness (QED) is 0.475. The molecule has 24 heavy (non-hydrogen) atoms. The number of nitrogens with zero attached hydrogens (tertiary/aromatic N) is 3. The smallest absolute Gasteiger partial charge is 0.264 e. The van der Waals surface area contributed by atoms with E-state index in [2.05, 4.69) is 20.3 Å². The summed E-state index contributed by atoms with van der Waals surface area (Å²) in [4.78, 5) is 11.6. The van der Waals surface area contributed by atoms with Crippen LogP contribution in [0.4, 0.5) is 5.95 Å². The maximum absolute atomic E-state index is 10.8. The maximum atomic E-state index is 10.8. The van der Waals surface area contributed by atoms with Gasteiger partial charge in [0.25, 0.3) is 10.1 Å². The highest BCUT2D eigenvalue weighted by molar-refractivity contribution is 7.85. The van der Waals surface area contributed by atoms with Crippen LogP contribution in [0, 0.1) is 0 Å². The fraction of sp³-hybridized carbons (Fsp3) is 0.462. The minimum atomic E-state index is -3.98. The average molecular weight is 395 g/mol. The molecule has 3 N–H and O–H groups in total. The van der Waals surface area contributed by atoms with Gasteiger partial charge in [0.1, 0.15) is 5.76 Å². The number of allylic oxidation sites excluding steroid dienone is 1. The van der Waals surface area contributed by atoms with Gasteiger partial charge in [-0.2, -0.15) is 23.4 Å². The molecule has 1 atom stereocenters. The first-order valence-corrected chi connectivity index (χ1v) is 9.43. The molecule has 1 aliphatic carbocycles. The van der Waals surface area contributed by atoms with Crippen LogP contribution in [0.2, 0.25) is 10.6 Å². The molecule has 1 heterocycles. The van der Waals surface area contributed by atoms with Crippen molar-refractivity contribution < 1.29 is 18.1 Å². The summed E-state index contributed by atoms with van der Waals surface area (Å²) in [5, 5.41) is 12.5. The minimum Gasteiger partial charge on any atom is -0.508 e. The summed E-state index contributed by atoms with van der Waals surface area (Å²) in [7, 11) is -3.98. The Morgan fingerprint density at radius 2 is 1.88 bits per heavy atom. The van der Waals surface area contributed by atoms with Gasteiger partial charge in [0.05, 0.1) is 11.3 Å². The normalized spacial score (nSPS) is 20.7. The van der Waals surface area contributed by atoms with E-state index in [0.717, 1.165) is 0 Å². The van der Waals surface area contributed by atoms with E-state index in [-0.39, 0.29) is 28.0 Å². The Hall–Kier alpha value is -1.42. The molecular weight excluding hydrogens is 379 g/mol. The number of halogens is 2. The van der Waals surface area contributed by atoms with Crippen molar-refractivity contribution in [3.8, 4) is 0 Å². The van der Waals surface area contributed by atoms with Crippen molar-refractivity contribution in [3.05, 3.63) is 34.6 Å². The van der Waals surface area contributed by atoms with Crippen LogP contribution in [0.25, 0.3) is 0 Å². The number of aliphatic hydroxyl groups is 1. The number of aromatic nitrogens is 3. The number of hydrogen-bond acceptors (Lipinski definition) is 7. The third-order valence-electron chi connectivity index (χ3n) is 3.47. The highest BCUT2D eigenvalue weighted by Crippen LogP contribution is 2.29. The van der Waals surface area contributed by atoms with Gasteiger partial charge >= 0.3 is 0 Å². The third kappa shape index (κ3) is 5.90. The van der Waals surface area contributed by atoms with Gasteiger partial charge in [0.2, 0.25) is 16.5 Å². The summed E-state index contributed by atoms with van der Waals surface area (Å²) in [6, 6.07) is 0. The van der Waals surface area contributed by atoms with Crippen molar-refractivity contribution in [3.63, 3.8) is 0 Å². The first-order chi connectivity index (χ1) is 11.2. The Labute approximate surface area is 149 Å². The van der Waals surface area contributed by atoms with Gasteiger partial charge < -0.3 is 10.4 Å². The van der Waals surface area contributed by atoms with Crippen molar-refractivity contribution in [1.29, 1.82) is 0 Å². The van der Waals surface area contributed by atoms with E-state index in [1.807, 2.05) is 0 Å². The molecule has 0 bridgehead atoms. The molecule has 0 fully saturated rings. The van der Waals surface area contributed by atoms with Crippen LogP contribution in [0.15, 0.2) is 24.0 Å². The zero-order valence-electron chi connectivity index (χ0n) is 12.5. The van der Waals surface area contributed by atoms with E-state index in [9.17, 15) is 13.5 Å². The van der Waals surface area contributed by atoms with Gasteiger partial charge in [-0.05, 0) is 61.0 Å². The van der Waals surface area contributed by atoms with E-state index in [1.54, 1.807) is 12.2 Å². The molecule has 132 valence electrons. The second kappa shape index (κ2) is 7.64. The Bertz CT molecular complexity index is 749. The van der Waals surface area contributed by atoms with Crippen LogP contribution in [0.1, 0.15) is 25.7 Å². The number of rotatable bonds is 7. The van der Waals surface area contributed by atoms with E-state index >= 15 is 0 Å². The van der Waals surface area contributed by atoms with Crippen molar-refractivity contribution in [2.24, 2.45) is 0 Å².